The van der Waals surface area contributed by atoms with Crippen molar-refractivity contribution in [3.05, 3.63) is 41.8 Å². The number of halogens is 1. The van der Waals surface area contributed by atoms with Crippen LogP contribution >= 0.6 is 0 Å². The van der Waals surface area contributed by atoms with Crippen molar-refractivity contribution in [1.29, 1.82) is 0 Å². The highest BCUT2D eigenvalue weighted by atomic mass is 19.1. The number of carbonyl (C=O) groups is 1. The molecule has 0 fully saturated rings. The molecule has 82 valence electrons. The minimum atomic E-state index is -1.09. The summed E-state index contributed by atoms with van der Waals surface area (Å²) in [5.41, 5.74) is 0.953. The van der Waals surface area contributed by atoms with Gasteiger partial charge >= 0.3 is 5.97 Å². The lowest BCUT2D eigenvalue weighted by Gasteiger charge is -2.06. The van der Waals surface area contributed by atoms with Crippen LogP contribution in [-0.4, -0.2) is 20.9 Å². The van der Waals surface area contributed by atoms with Crippen LogP contribution < -0.4 is 0 Å². The maximum Gasteiger partial charge on any atom is 0.336 e. The molecule has 0 amide bonds. The number of aromatic carboxylic acids is 1. The largest absolute Gasteiger partial charge is 0.478 e. The number of benzene rings is 1. The second kappa shape index (κ2) is 3.77. The molecule has 1 N–H and O–H groups in total. The molecule has 4 nitrogen and oxygen atoms in total. The summed E-state index contributed by atoms with van der Waals surface area (Å²) in [5, 5.41) is 12.9. The normalized spacial score (nSPS) is 10.4. The molecule has 2 rings (SSSR count). The molecule has 1 aromatic carbocycles. The summed E-state index contributed by atoms with van der Waals surface area (Å²) >= 11 is 0. The molecule has 0 bridgehead atoms. The lowest BCUT2D eigenvalue weighted by molar-refractivity contribution is 0.0697. The second-order valence-electron chi connectivity index (χ2n) is 3.34. The van der Waals surface area contributed by atoms with E-state index in [4.69, 9.17) is 5.11 Å². The summed E-state index contributed by atoms with van der Waals surface area (Å²) in [7, 11) is 1.67. The van der Waals surface area contributed by atoms with Crippen LogP contribution in [0.1, 0.15) is 10.4 Å². The maximum absolute atomic E-state index is 13.1. The van der Waals surface area contributed by atoms with E-state index in [2.05, 4.69) is 5.10 Å². The summed E-state index contributed by atoms with van der Waals surface area (Å²) in [6.45, 7) is 0. The summed E-state index contributed by atoms with van der Waals surface area (Å²) in [5.74, 6) is -1.56. The van der Waals surface area contributed by atoms with E-state index in [0.717, 1.165) is 6.07 Å². The van der Waals surface area contributed by atoms with Gasteiger partial charge in [-0.1, -0.05) is 0 Å². The number of aryl methyl sites for hydroxylation is 1. The second-order valence-corrected chi connectivity index (χ2v) is 3.34. The number of hydrogen-bond donors (Lipinski definition) is 1. The van der Waals surface area contributed by atoms with E-state index in [0.29, 0.717) is 11.3 Å². The average Bonchev–Trinajstić information content (AvgIpc) is 2.63. The summed E-state index contributed by atoms with van der Waals surface area (Å²) in [4.78, 5) is 11.0. The fourth-order valence-electron chi connectivity index (χ4n) is 1.55. The maximum atomic E-state index is 13.1. The highest BCUT2D eigenvalue weighted by Crippen LogP contribution is 2.24. The van der Waals surface area contributed by atoms with Gasteiger partial charge in [-0.25, -0.2) is 9.18 Å². The molecule has 16 heavy (non-hydrogen) atoms. The number of carboxylic acid groups (broad SMARTS) is 1. The molecule has 0 atom stereocenters. The molecule has 0 saturated carbocycles. The third-order valence-corrected chi connectivity index (χ3v) is 2.31. The van der Waals surface area contributed by atoms with Crippen LogP contribution in [0.4, 0.5) is 4.39 Å². The van der Waals surface area contributed by atoms with Gasteiger partial charge in [0.2, 0.25) is 0 Å². The van der Waals surface area contributed by atoms with Crippen molar-refractivity contribution in [3.63, 3.8) is 0 Å². The molecule has 0 radical (unpaired) electrons. The monoisotopic (exact) mass is 220 g/mol. The minimum Gasteiger partial charge on any atom is -0.478 e. The zero-order valence-electron chi connectivity index (χ0n) is 8.51. The molecule has 0 unspecified atom stereocenters. The van der Waals surface area contributed by atoms with Crippen molar-refractivity contribution < 1.29 is 14.3 Å². The smallest absolute Gasteiger partial charge is 0.336 e. The first-order valence-corrected chi connectivity index (χ1v) is 4.61. The Morgan fingerprint density at radius 1 is 1.44 bits per heavy atom. The number of hydrogen-bond acceptors (Lipinski definition) is 2. The molecule has 0 saturated heterocycles. The molecular formula is C11H9FN2O2. The molecule has 1 aromatic heterocycles. The van der Waals surface area contributed by atoms with Gasteiger partial charge < -0.3 is 5.11 Å². The Morgan fingerprint density at radius 2 is 2.19 bits per heavy atom. The molecule has 2 aromatic rings. The van der Waals surface area contributed by atoms with Gasteiger partial charge in [-0.3, -0.25) is 4.68 Å². The highest BCUT2D eigenvalue weighted by Gasteiger charge is 2.14. The molecule has 1 heterocycles. The number of nitrogens with zero attached hydrogens (tertiary/aromatic N) is 2. The fourth-order valence-corrected chi connectivity index (χ4v) is 1.55. The fraction of sp³-hybridized carbons (Fsp3) is 0.0909. The predicted molar refractivity (Wildman–Crippen MR) is 55.6 cm³/mol. The van der Waals surface area contributed by atoms with Gasteiger partial charge in [0, 0.05) is 18.8 Å². The Kier molecular flexibility index (Phi) is 2.44. The van der Waals surface area contributed by atoms with Crippen LogP contribution in [0.3, 0.4) is 0 Å². The first-order valence-electron chi connectivity index (χ1n) is 4.61. The first kappa shape index (κ1) is 10.4. The van der Waals surface area contributed by atoms with Gasteiger partial charge in [0.15, 0.2) is 0 Å². The van der Waals surface area contributed by atoms with Crippen LogP contribution in [-0.2, 0) is 7.05 Å². The van der Waals surface area contributed by atoms with Gasteiger partial charge in [-0.2, -0.15) is 5.10 Å². The molecule has 5 heteroatoms. The third-order valence-electron chi connectivity index (χ3n) is 2.31. The standard InChI is InChI=1S/C11H9FN2O2/c1-14-10(4-5-13-14)9-6-7(12)2-3-8(9)11(15)16/h2-6H,1H3,(H,15,16). The highest BCUT2D eigenvalue weighted by molar-refractivity contribution is 5.95. The number of carboxylic acids is 1. The van der Waals surface area contributed by atoms with E-state index in [1.54, 1.807) is 13.1 Å². The van der Waals surface area contributed by atoms with Crippen molar-refractivity contribution in [2.75, 3.05) is 0 Å². The van der Waals surface area contributed by atoms with E-state index < -0.39 is 11.8 Å². The van der Waals surface area contributed by atoms with Crippen molar-refractivity contribution >= 4 is 5.97 Å². The van der Waals surface area contributed by atoms with Gasteiger partial charge in [0.1, 0.15) is 5.82 Å². The van der Waals surface area contributed by atoms with Crippen molar-refractivity contribution in [1.82, 2.24) is 9.78 Å². The van der Waals surface area contributed by atoms with E-state index >= 15 is 0 Å². The number of aromatic nitrogens is 2. The lowest BCUT2D eigenvalue weighted by Crippen LogP contribution is -2.03. The van der Waals surface area contributed by atoms with E-state index in [9.17, 15) is 9.18 Å². The third kappa shape index (κ3) is 1.67. The summed E-state index contributed by atoms with van der Waals surface area (Å²) < 4.78 is 14.6. The van der Waals surface area contributed by atoms with Gasteiger partial charge in [0.25, 0.3) is 0 Å². The van der Waals surface area contributed by atoms with Gasteiger partial charge in [-0.05, 0) is 24.3 Å². The lowest BCUT2D eigenvalue weighted by atomic mass is 10.0. The first-order chi connectivity index (χ1) is 7.59. The topological polar surface area (TPSA) is 55.1 Å². The molecule has 0 aliphatic heterocycles. The Labute approximate surface area is 90.9 Å². The van der Waals surface area contributed by atoms with Crippen LogP contribution in [0.5, 0.6) is 0 Å². The van der Waals surface area contributed by atoms with Crippen molar-refractivity contribution in [2.24, 2.45) is 7.05 Å². The Hall–Kier alpha value is -2.17. The SMILES string of the molecule is Cn1nccc1-c1cc(F)ccc1C(=O)O. The van der Waals surface area contributed by atoms with Crippen LogP contribution in [0.2, 0.25) is 0 Å². The van der Waals surface area contributed by atoms with Crippen LogP contribution in [0.15, 0.2) is 30.5 Å². The zero-order chi connectivity index (χ0) is 11.7. The Morgan fingerprint density at radius 3 is 2.75 bits per heavy atom. The van der Waals surface area contributed by atoms with Crippen LogP contribution in [0.25, 0.3) is 11.3 Å². The molecule has 0 aliphatic rings. The van der Waals surface area contributed by atoms with E-state index in [1.807, 2.05) is 0 Å². The quantitative estimate of drug-likeness (QED) is 0.841. The molecule has 0 spiro atoms. The minimum absolute atomic E-state index is 0.0602. The van der Waals surface area contributed by atoms with E-state index in [-0.39, 0.29) is 5.56 Å². The van der Waals surface area contributed by atoms with Crippen molar-refractivity contribution in [3.8, 4) is 11.3 Å². The predicted octanol–water partition coefficient (Wildman–Crippen LogP) is 1.92. The average molecular weight is 220 g/mol. The number of rotatable bonds is 2. The molecule has 0 aliphatic carbocycles. The van der Waals surface area contributed by atoms with E-state index in [1.165, 1.54) is 23.0 Å². The van der Waals surface area contributed by atoms with Crippen molar-refractivity contribution in [2.45, 2.75) is 0 Å². The van der Waals surface area contributed by atoms with Gasteiger partial charge in [-0.15, -0.1) is 0 Å². The van der Waals surface area contributed by atoms with Crippen LogP contribution in [0, 0.1) is 5.82 Å². The summed E-state index contributed by atoms with van der Waals surface area (Å²) in [6.07, 6.45) is 1.53. The zero-order valence-corrected chi connectivity index (χ0v) is 8.51. The Balaban J connectivity index is 2.67. The summed E-state index contributed by atoms with van der Waals surface area (Å²) in [6, 6.07) is 5.21. The van der Waals surface area contributed by atoms with Gasteiger partial charge in [0.05, 0.1) is 11.3 Å². The molecular weight excluding hydrogens is 211 g/mol. The Bertz CT molecular complexity index is 549.